The van der Waals surface area contributed by atoms with Crippen molar-refractivity contribution in [3.8, 4) is 0 Å². The van der Waals surface area contributed by atoms with Crippen LogP contribution in [0.4, 0.5) is 14.9 Å². The summed E-state index contributed by atoms with van der Waals surface area (Å²) in [6.45, 7) is 7.02. The highest BCUT2D eigenvalue weighted by Crippen LogP contribution is 2.23. The van der Waals surface area contributed by atoms with Crippen molar-refractivity contribution in [3.05, 3.63) is 30.1 Å². The van der Waals surface area contributed by atoms with Crippen molar-refractivity contribution in [2.45, 2.75) is 20.3 Å². The lowest BCUT2D eigenvalue weighted by Gasteiger charge is -2.35. The van der Waals surface area contributed by atoms with Crippen molar-refractivity contribution in [1.82, 2.24) is 9.80 Å². The summed E-state index contributed by atoms with van der Waals surface area (Å²) < 4.78 is 13.0. The first-order valence-corrected chi connectivity index (χ1v) is 8.54. The maximum Gasteiger partial charge on any atom is 0.325 e. The molecule has 2 saturated heterocycles. The average Bonchev–Trinajstić information content (AvgIpc) is 2.88. The zero-order valence-electron chi connectivity index (χ0n) is 14.2. The molecule has 5 nitrogen and oxygen atoms in total. The number of amides is 3. The summed E-state index contributed by atoms with van der Waals surface area (Å²) in [5.41, 5.74) is 0.663. The minimum Gasteiger partial charge on any atom is -0.341 e. The van der Waals surface area contributed by atoms with Crippen LogP contribution >= 0.6 is 0 Å². The van der Waals surface area contributed by atoms with Crippen LogP contribution in [-0.2, 0) is 4.79 Å². The van der Waals surface area contributed by atoms with E-state index in [-0.39, 0.29) is 24.3 Å². The Morgan fingerprint density at radius 1 is 1.12 bits per heavy atom. The van der Waals surface area contributed by atoms with Crippen molar-refractivity contribution < 1.29 is 14.0 Å². The molecule has 0 spiro atoms. The van der Waals surface area contributed by atoms with E-state index in [1.165, 1.54) is 12.1 Å². The monoisotopic (exact) mass is 333 g/mol. The molecular formula is C18H24FN3O2. The lowest BCUT2D eigenvalue weighted by Crippen LogP contribution is -2.47. The molecule has 130 valence electrons. The second-order valence-electron chi connectivity index (χ2n) is 7.08. The molecule has 0 bridgehead atoms. The number of carbonyl (C=O) groups is 2. The van der Waals surface area contributed by atoms with Gasteiger partial charge in [-0.2, -0.15) is 0 Å². The molecule has 0 N–H and O–H groups in total. The first kappa shape index (κ1) is 16.7. The van der Waals surface area contributed by atoms with Gasteiger partial charge < -0.3 is 9.80 Å². The van der Waals surface area contributed by atoms with Gasteiger partial charge in [-0.05, 0) is 42.5 Å². The van der Waals surface area contributed by atoms with Gasteiger partial charge in [0, 0.05) is 31.9 Å². The van der Waals surface area contributed by atoms with E-state index in [1.807, 2.05) is 4.90 Å². The SMILES string of the molecule is CC1CC(C)CN(C(=O)CN2CCN(c3ccc(F)cc3)C2=O)C1. The van der Waals surface area contributed by atoms with E-state index in [9.17, 15) is 14.0 Å². The second kappa shape index (κ2) is 6.79. The van der Waals surface area contributed by atoms with Crippen LogP contribution in [-0.4, -0.2) is 54.5 Å². The molecule has 3 amide bonds. The number of hydrogen-bond donors (Lipinski definition) is 0. The fraction of sp³-hybridized carbons (Fsp3) is 0.556. The summed E-state index contributed by atoms with van der Waals surface area (Å²) >= 11 is 0. The van der Waals surface area contributed by atoms with Crippen LogP contribution in [0.15, 0.2) is 24.3 Å². The molecule has 2 heterocycles. The average molecular weight is 333 g/mol. The highest BCUT2D eigenvalue weighted by Gasteiger charge is 2.33. The quantitative estimate of drug-likeness (QED) is 0.853. The van der Waals surface area contributed by atoms with Crippen LogP contribution in [0.1, 0.15) is 20.3 Å². The number of halogens is 1. The van der Waals surface area contributed by atoms with E-state index in [0.29, 0.717) is 30.6 Å². The Morgan fingerprint density at radius 2 is 1.75 bits per heavy atom. The van der Waals surface area contributed by atoms with Crippen LogP contribution < -0.4 is 4.90 Å². The van der Waals surface area contributed by atoms with E-state index in [0.717, 1.165) is 19.5 Å². The van der Waals surface area contributed by atoms with Crippen LogP contribution in [0.2, 0.25) is 0 Å². The summed E-state index contributed by atoms with van der Waals surface area (Å²) in [6, 6.07) is 5.67. The lowest BCUT2D eigenvalue weighted by atomic mass is 9.92. The van der Waals surface area contributed by atoms with Gasteiger partial charge in [0.2, 0.25) is 5.91 Å². The highest BCUT2D eigenvalue weighted by atomic mass is 19.1. The third-order valence-corrected chi connectivity index (χ3v) is 4.78. The fourth-order valence-electron chi connectivity index (χ4n) is 3.72. The lowest BCUT2D eigenvalue weighted by molar-refractivity contribution is -0.134. The predicted octanol–water partition coefficient (Wildman–Crippen LogP) is 2.57. The molecule has 6 heteroatoms. The number of likely N-dealkylation sites (tertiary alicyclic amines) is 1. The molecule has 0 saturated carbocycles. The van der Waals surface area contributed by atoms with Crippen LogP contribution in [0.25, 0.3) is 0 Å². The second-order valence-corrected chi connectivity index (χ2v) is 7.08. The Labute approximate surface area is 142 Å². The number of benzene rings is 1. The molecule has 2 atom stereocenters. The van der Waals surface area contributed by atoms with Crippen molar-refractivity contribution >= 4 is 17.6 Å². The minimum absolute atomic E-state index is 0.0164. The fourth-order valence-corrected chi connectivity index (χ4v) is 3.72. The van der Waals surface area contributed by atoms with Gasteiger partial charge in [0.1, 0.15) is 12.4 Å². The Hall–Kier alpha value is -2.11. The Balaban J connectivity index is 1.61. The molecule has 0 aliphatic carbocycles. The van der Waals surface area contributed by atoms with E-state index in [2.05, 4.69) is 13.8 Å². The Bertz CT molecular complexity index is 609. The van der Waals surface area contributed by atoms with E-state index in [1.54, 1.807) is 21.9 Å². The molecule has 3 rings (SSSR count). The van der Waals surface area contributed by atoms with Gasteiger partial charge in [0.25, 0.3) is 0 Å². The summed E-state index contributed by atoms with van der Waals surface area (Å²) in [5, 5.41) is 0. The van der Waals surface area contributed by atoms with E-state index in [4.69, 9.17) is 0 Å². The van der Waals surface area contributed by atoms with E-state index < -0.39 is 0 Å². The van der Waals surface area contributed by atoms with Gasteiger partial charge in [0.05, 0.1) is 0 Å². The number of urea groups is 1. The van der Waals surface area contributed by atoms with Crippen molar-refractivity contribution in [2.24, 2.45) is 11.8 Å². The third kappa shape index (κ3) is 3.52. The molecule has 24 heavy (non-hydrogen) atoms. The highest BCUT2D eigenvalue weighted by molar-refractivity contribution is 5.96. The summed E-state index contributed by atoms with van der Waals surface area (Å²) in [7, 11) is 0. The largest absolute Gasteiger partial charge is 0.341 e. The van der Waals surface area contributed by atoms with Gasteiger partial charge in [-0.15, -0.1) is 0 Å². The summed E-state index contributed by atoms with van der Waals surface area (Å²) in [6.07, 6.45) is 1.14. The number of nitrogens with zero attached hydrogens (tertiary/aromatic N) is 3. The van der Waals surface area contributed by atoms with Crippen LogP contribution in [0.3, 0.4) is 0 Å². The van der Waals surface area contributed by atoms with E-state index >= 15 is 0 Å². The smallest absolute Gasteiger partial charge is 0.325 e. The van der Waals surface area contributed by atoms with Crippen LogP contribution in [0.5, 0.6) is 0 Å². The van der Waals surface area contributed by atoms with Gasteiger partial charge in [-0.25, -0.2) is 9.18 Å². The molecule has 1 aromatic rings. The molecule has 2 aliphatic rings. The zero-order chi connectivity index (χ0) is 17.3. The standard InChI is InChI=1S/C18H24FN3O2/c1-13-9-14(2)11-21(10-13)17(23)12-20-7-8-22(18(20)24)16-5-3-15(19)4-6-16/h3-6,13-14H,7-12H2,1-2H3. The first-order valence-electron chi connectivity index (χ1n) is 8.54. The number of rotatable bonds is 3. The van der Waals surface area contributed by atoms with Gasteiger partial charge in [0.15, 0.2) is 0 Å². The normalized spacial score (nSPS) is 24.6. The van der Waals surface area contributed by atoms with Crippen molar-refractivity contribution in [1.29, 1.82) is 0 Å². The number of anilines is 1. The summed E-state index contributed by atoms with van der Waals surface area (Å²) in [4.78, 5) is 30.1. The molecule has 2 fully saturated rings. The molecule has 0 aromatic heterocycles. The zero-order valence-corrected chi connectivity index (χ0v) is 14.2. The number of hydrogen-bond acceptors (Lipinski definition) is 2. The predicted molar refractivity (Wildman–Crippen MR) is 90.2 cm³/mol. The number of piperidine rings is 1. The molecule has 2 unspecified atom stereocenters. The third-order valence-electron chi connectivity index (χ3n) is 4.78. The molecule has 0 radical (unpaired) electrons. The Morgan fingerprint density at radius 3 is 2.38 bits per heavy atom. The maximum absolute atomic E-state index is 13.0. The molecule has 1 aromatic carbocycles. The minimum atomic E-state index is -0.328. The number of carbonyl (C=O) groups excluding carboxylic acids is 2. The first-order chi connectivity index (χ1) is 11.4. The maximum atomic E-state index is 13.0. The van der Waals surface area contributed by atoms with Crippen LogP contribution in [0, 0.1) is 17.7 Å². The van der Waals surface area contributed by atoms with Gasteiger partial charge in [-0.1, -0.05) is 13.8 Å². The van der Waals surface area contributed by atoms with Crippen molar-refractivity contribution in [3.63, 3.8) is 0 Å². The van der Waals surface area contributed by atoms with Crippen molar-refractivity contribution in [2.75, 3.05) is 37.6 Å². The summed E-state index contributed by atoms with van der Waals surface area (Å²) in [5.74, 6) is 0.693. The van der Waals surface area contributed by atoms with Gasteiger partial charge in [-0.3, -0.25) is 9.69 Å². The van der Waals surface area contributed by atoms with Gasteiger partial charge >= 0.3 is 6.03 Å². The topological polar surface area (TPSA) is 43.9 Å². The molecular weight excluding hydrogens is 309 g/mol. The Kier molecular flexibility index (Phi) is 4.73. The molecule has 2 aliphatic heterocycles.